The lowest BCUT2D eigenvalue weighted by atomic mass is 9.95. The monoisotopic (exact) mass is 310 g/mol. The highest BCUT2D eigenvalue weighted by molar-refractivity contribution is 6.12. The number of hydrogen-bond donors (Lipinski definition) is 0. The Hall–Kier alpha value is -2.62. The van der Waals surface area contributed by atoms with Gasteiger partial charge in [-0.15, -0.1) is 0 Å². The lowest BCUT2D eigenvalue weighted by molar-refractivity contribution is -0.141. The maximum atomic E-state index is 12.7. The molecule has 0 fully saturated rings. The van der Waals surface area contributed by atoms with Crippen LogP contribution in [0.4, 0.5) is 0 Å². The third kappa shape index (κ3) is 3.11. The Morgan fingerprint density at radius 3 is 2.78 bits per heavy atom. The SMILES string of the molecule is CC(=O)OCC(C)c1ccc2c(c1)OCc1ccccc1C2=O. The molecule has 0 bridgehead atoms. The summed E-state index contributed by atoms with van der Waals surface area (Å²) in [7, 11) is 0. The molecule has 3 rings (SSSR count). The molecular weight excluding hydrogens is 292 g/mol. The molecule has 4 nitrogen and oxygen atoms in total. The van der Waals surface area contributed by atoms with Gasteiger partial charge in [0, 0.05) is 24.0 Å². The number of hydrogen-bond acceptors (Lipinski definition) is 4. The zero-order valence-corrected chi connectivity index (χ0v) is 13.2. The summed E-state index contributed by atoms with van der Waals surface area (Å²) < 4.78 is 10.9. The van der Waals surface area contributed by atoms with Crippen LogP contribution in [0.3, 0.4) is 0 Å². The van der Waals surface area contributed by atoms with E-state index in [0.29, 0.717) is 30.1 Å². The third-order valence-electron chi connectivity index (χ3n) is 4.00. The number of carbonyl (C=O) groups is 2. The quantitative estimate of drug-likeness (QED) is 0.815. The van der Waals surface area contributed by atoms with Crippen LogP contribution >= 0.6 is 0 Å². The second-order valence-corrected chi connectivity index (χ2v) is 5.73. The van der Waals surface area contributed by atoms with Crippen LogP contribution in [0.1, 0.15) is 46.8 Å². The summed E-state index contributed by atoms with van der Waals surface area (Å²) >= 11 is 0. The first-order chi connectivity index (χ1) is 11.1. The maximum Gasteiger partial charge on any atom is 0.302 e. The Morgan fingerprint density at radius 2 is 2.00 bits per heavy atom. The van der Waals surface area contributed by atoms with E-state index < -0.39 is 0 Å². The number of esters is 1. The Balaban J connectivity index is 1.90. The summed E-state index contributed by atoms with van der Waals surface area (Å²) in [6.45, 7) is 4.04. The van der Waals surface area contributed by atoms with Gasteiger partial charge in [0.1, 0.15) is 12.4 Å². The first-order valence-electron chi connectivity index (χ1n) is 7.59. The third-order valence-corrected chi connectivity index (χ3v) is 4.00. The van der Waals surface area contributed by atoms with E-state index in [-0.39, 0.29) is 17.7 Å². The van der Waals surface area contributed by atoms with Crippen molar-refractivity contribution in [2.24, 2.45) is 0 Å². The second-order valence-electron chi connectivity index (χ2n) is 5.73. The van der Waals surface area contributed by atoms with Crippen molar-refractivity contribution in [2.75, 3.05) is 6.61 Å². The number of fused-ring (bicyclic) bond motifs is 2. The lowest BCUT2D eigenvalue weighted by Crippen LogP contribution is -2.09. The van der Waals surface area contributed by atoms with Crippen molar-refractivity contribution in [3.8, 4) is 5.75 Å². The van der Waals surface area contributed by atoms with Crippen LogP contribution in [-0.2, 0) is 16.1 Å². The highest BCUT2D eigenvalue weighted by Crippen LogP contribution is 2.31. The van der Waals surface area contributed by atoms with E-state index in [4.69, 9.17) is 9.47 Å². The zero-order chi connectivity index (χ0) is 16.4. The van der Waals surface area contributed by atoms with Gasteiger partial charge in [-0.25, -0.2) is 0 Å². The molecule has 0 N–H and O–H groups in total. The minimum absolute atomic E-state index is 0.0210. The van der Waals surface area contributed by atoms with E-state index in [2.05, 4.69) is 0 Å². The van der Waals surface area contributed by atoms with Crippen molar-refractivity contribution in [1.29, 1.82) is 0 Å². The lowest BCUT2D eigenvalue weighted by Gasteiger charge is -2.14. The van der Waals surface area contributed by atoms with Gasteiger partial charge in [-0.2, -0.15) is 0 Å². The fraction of sp³-hybridized carbons (Fsp3) is 0.263. The molecular formula is C19H18O4. The minimum atomic E-state index is -0.298. The zero-order valence-electron chi connectivity index (χ0n) is 13.2. The molecule has 0 amide bonds. The fourth-order valence-corrected chi connectivity index (χ4v) is 2.66. The molecule has 2 aromatic carbocycles. The first kappa shape index (κ1) is 15.3. The van der Waals surface area contributed by atoms with Gasteiger partial charge in [-0.3, -0.25) is 9.59 Å². The standard InChI is InChI=1S/C19H18O4/c1-12(10-22-13(2)20)14-7-8-17-18(9-14)23-11-15-5-3-4-6-16(15)19(17)21/h3-9,12H,10-11H2,1-2H3. The number of carbonyl (C=O) groups excluding carboxylic acids is 2. The number of benzene rings is 2. The molecule has 2 aromatic rings. The van der Waals surface area contributed by atoms with Gasteiger partial charge in [0.25, 0.3) is 0 Å². The predicted molar refractivity (Wildman–Crippen MR) is 85.7 cm³/mol. The van der Waals surface area contributed by atoms with Crippen LogP contribution in [0.2, 0.25) is 0 Å². The van der Waals surface area contributed by atoms with Crippen molar-refractivity contribution in [2.45, 2.75) is 26.4 Å². The van der Waals surface area contributed by atoms with E-state index in [0.717, 1.165) is 11.1 Å². The van der Waals surface area contributed by atoms with Gasteiger partial charge in [0.15, 0.2) is 5.78 Å². The smallest absolute Gasteiger partial charge is 0.302 e. The molecule has 1 atom stereocenters. The Kier molecular flexibility index (Phi) is 4.15. The highest BCUT2D eigenvalue weighted by atomic mass is 16.5. The topological polar surface area (TPSA) is 52.6 Å². The summed E-state index contributed by atoms with van der Waals surface area (Å²) in [5.41, 5.74) is 3.12. The van der Waals surface area contributed by atoms with E-state index in [1.807, 2.05) is 43.3 Å². The Morgan fingerprint density at radius 1 is 1.22 bits per heavy atom. The molecule has 1 unspecified atom stereocenters. The number of rotatable bonds is 3. The summed E-state index contributed by atoms with van der Waals surface area (Å²) in [5, 5.41) is 0. The molecule has 0 radical (unpaired) electrons. The second kappa shape index (κ2) is 6.24. The van der Waals surface area contributed by atoms with Crippen molar-refractivity contribution >= 4 is 11.8 Å². The van der Waals surface area contributed by atoms with Crippen LogP contribution in [0.25, 0.3) is 0 Å². The molecule has 0 saturated heterocycles. The maximum absolute atomic E-state index is 12.7. The molecule has 0 aromatic heterocycles. The van der Waals surface area contributed by atoms with Gasteiger partial charge in [0.2, 0.25) is 0 Å². The van der Waals surface area contributed by atoms with Crippen molar-refractivity contribution in [1.82, 2.24) is 0 Å². The minimum Gasteiger partial charge on any atom is -0.488 e. The van der Waals surface area contributed by atoms with Crippen molar-refractivity contribution in [3.63, 3.8) is 0 Å². The van der Waals surface area contributed by atoms with Crippen molar-refractivity contribution < 1.29 is 19.1 Å². The van der Waals surface area contributed by atoms with E-state index in [9.17, 15) is 9.59 Å². The van der Waals surface area contributed by atoms with Crippen LogP contribution < -0.4 is 4.74 Å². The normalized spacial score (nSPS) is 14.1. The molecule has 0 spiro atoms. The van der Waals surface area contributed by atoms with Gasteiger partial charge < -0.3 is 9.47 Å². The molecule has 0 aliphatic carbocycles. The first-order valence-corrected chi connectivity index (χ1v) is 7.59. The highest BCUT2D eigenvalue weighted by Gasteiger charge is 2.22. The van der Waals surface area contributed by atoms with E-state index >= 15 is 0 Å². The van der Waals surface area contributed by atoms with Gasteiger partial charge >= 0.3 is 5.97 Å². The molecule has 1 aliphatic rings. The van der Waals surface area contributed by atoms with Gasteiger partial charge in [-0.05, 0) is 17.7 Å². The van der Waals surface area contributed by atoms with E-state index in [1.54, 1.807) is 6.07 Å². The van der Waals surface area contributed by atoms with Gasteiger partial charge in [0.05, 0.1) is 12.2 Å². The molecule has 1 heterocycles. The molecule has 1 aliphatic heterocycles. The predicted octanol–water partition coefficient (Wildman–Crippen LogP) is 3.48. The Labute approximate surface area is 135 Å². The summed E-state index contributed by atoms with van der Waals surface area (Å²) in [6, 6.07) is 13.0. The average Bonchev–Trinajstić information content (AvgIpc) is 2.70. The van der Waals surface area contributed by atoms with Crippen LogP contribution in [0.15, 0.2) is 42.5 Å². The van der Waals surface area contributed by atoms with E-state index in [1.165, 1.54) is 6.92 Å². The molecule has 0 saturated carbocycles. The van der Waals surface area contributed by atoms with Crippen LogP contribution in [0.5, 0.6) is 5.75 Å². The number of ketones is 1. The molecule has 4 heteroatoms. The molecule has 23 heavy (non-hydrogen) atoms. The molecule has 118 valence electrons. The number of ether oxygens (including phenoxy) is 2. The fourth-order valence-electron chi connectivity index (χ4n) is 2.66. The summed E-state index contributed by atoms with van der Waals surface area (Å²) in [6.07, 6.45) is 0. The van der Waals surface area contributed by atoms with Crippen LogP contribution in [-0.4, -0.2) is 18.4 Å². The Bertz CT molecular complexity index is 764. The van der Waals surface area contributed by atoms with Gasteiger partial charge in [-0.1, -0.05) is 37.3 Å². The van der Waals surface area contributed by atoms with Crippen molar-refractivity contribution in [3.05, 3.63) is 64.7 Å². The average molecular weight is 310 g/mol. The van der Waals surface area contributed by atoms with Crippen LogP contribution in [0, 0.1) is 0 Å². The largest absolute Gasteiger partial charge is 0.488 e. The summed E-state index contributed by atoms with van der Waals surface area (Å²) in [4.78, 5) is 23.6. The summed E-state index contributed by atoms with van der Waals surface area (Å²) in [5.74, 6) is 0.299.